The molecule has 1 fully saturated rings. The minimum Gasteiger partial charge on any atom is -0.368 e. The molecule has 1 atom stereocenters. The molecule has 0 aliphatic carbocycles. The highest BCUT2D eigenvalue weighted by Crippen LogP contribution is 2.31. The molecule has 10 heteroatoms. The standard InChI is InChI=1S/C19H19F3N6O/c1-27-17-3-2-12(6-16(17)25-26-27)7-18(29)24-14-4-5-28(11-14)15-8-13(9-23-10-15)19(20,21)22/h2-3,6,8-10,14H,4-5,7,11H2,1H3,(H,24,29)/t14-/m1/s1. The lowest BCUT2D eigenvalue weighted by molar-refractivity contribution is -0.137. The Balaban J connectivity index is 1.36. The maximum atomic E-state index is 12.9. The van der Waals surface area contributed by atoms with Gasteiger partial charge in [0.05, 0.1) is 29.4 Å². The zero-order valence-corrected chi connectivity index (χ0v) is 15.6. The molecule has 0 radical (unpaired) electrons. The zero-order chi connectivity index (χ0) is 20.6. The summed E-state index contributed by atoms with van der Waals surface area (Å²) in [7, 11) is 1.80. The predicted molar refractivity (Wildman–Crippen MR) is 100 cm³/mol. The van der Waals surface area contributed by atoms with Crippen molar-refractivity contribution in [2.24, 2.45) is 7.05 Å². The average Bonchev–Trinajstić information content (AvgIpc) is 3.28. The summed E-state index contributed by atoms with van der Waals surface area (Å²) in [6.07, 6.45) is -1.35. The molecule has 29 heavy (non-hydrogen) atoms. The fourth-order valence-corrected chi connectivity index (χ4v) is 3.53. The number of benzene rings is 1. The smallest absolute Gasteiger partial charge is 0.368 e. The van der Waals surface area contributed by atoms with Gasteiger partial charge in [-0.25, -0.2) is 4.68 Å². The van der Waals surface area contributed by atoms with Gasteiger partial charge in [-0.3, -0.25) is 9.78 Å². The van der Waals surface area contributed by atoms with E-state index in [9.17, 15) is 18.0 Å². The van der Waals surface area contributed by atoms with Gasteiger partial charge in [0.1, 0.15) is 5.52 Å². The third-order valence-electron chi connectivity index (χ3n) is 5.01. The largest absolute Gasteiger partial charge is 0.417 e. The molecule has 0 saturated carbocycles. The number of carbonyl (C=O) groups excluding carboxylic acids is 1. The summed E-state index contributed by atoms with van der Waals surface area (Å²) in [5, 5.41) is 10.9. The number of rotatable bonds is 4. The van der Waals surface area contributed by atoms with E-state index in [1.54, 1.807) is 16.6 Å². The molecule has 3 aromatic rings. The molecule has 0 unspecified atom stereocenters. The number of halogens is 3. The van der Waals surface area contributed by atoms with Crippen molar-refractivity contribution in [1.82, 2.24) is 25.3 Å². The number of alkyl halides is 3. The number of nitrogens with zero attached hydrogens (tertiary/aromatic N) is 5. The first kappa shape index (κ1) is 19.2. The van der Waals surface area contributed by atoms with Crippen molar-refractivity contribution in [1.29, 1.82) is 0 Å². The van der Waals surface area contributed by atoms with E-state index in [4.69, 9.17) is 0 Å². The molecule has 1 amide bonds. The van der Waals surface area contributed by atoms with Crippen LogP contribution in [-0.4, -0.2) is 45.0 Å². The van der Waals surface area contributed by atoms with Gasteiger partial charge in [0.25, 0.3) is 0 Å². The molecule has 1 aliphatic rings. The van der Waals surface area contributed by atoms with E-state index in [2.05, 4.69) is 20.6 Å². The van der Waals surface area contributed by atoms with Crippen LogP contribution in [-0.2, 0) is 24.4 Å². The summed E-state index contributed by atoms with van der Waals surface area (Å²) in [5.41, 5.74) is 2.07. The lowest BCUT2D eigenvalue weighted by Gasteiger charge is -2.20. The summed E-state index contributed by atoms with van der Waals surface area (Å²) in [6, 6.07) is 6.53. The zero-order valence-electron chi connectivity index (χ0n) is 15.6. The number of carbonyl (C=O) groups is 1. The van der Waals surface area contributed by atoms with Gasteiger partial charge in [0.15, 0.2) is 0 Å². The number of hydrogen-bond acceptors (Lipinski definition) is 5. The maximum Gasteiger partial charge on any atom is 0.417 e. The van der Waals surface area contributed by atoms with Crippen molar-refractivity contribution in [3.8, 4) is 0 Å². The fraction of sp³-hybridized carbons (Fsp3) is 0.368. The topological polar surface area (TPSA) is 75.9 Å². The molecular formula is C19H19F3N6O. The molecular weight excluding hydrogens is 385 g/mol. The van der Waals surface area contributed by atoms with Crippen LogP contribution < -0.4 is 10.2 Å². The van der Waals surface area contributed by atoms with Gasteiger partial charge in [-0.15, -0.1) is 5.10 Å². The number of aryl methyl sites for hydroxylation is 1. The van der Waals surface area contributed by atoms with Crippen molar-refractivity contribution in [3.05, 3.63) is 47.8 Å². The lowest BCUT2D eigenvalue weighted by Crippen LogP contribution is -2.38. The Morgan fingerprint density at radius 2 is 2.10 bits per heavy atom. The number of hydrogen-bond donors (Lipinski definition) is 1. The van der Waals surface area contributed by atoms with Gasteiger partial charge < -0.3 is 10.2 Å². The fourth-order valence-electron chi connectivity index (χ4n) is 3.53. The first-order chi connectivity index (χ1) is 13.8. The molecule has 152 valence electrons. The van der Waals surface area contributed by atoms with Crippen LogP contribution in [0.15, 0.2) is 36.7 Å². The van der Waals surface area contributed by atoms with E-state index in [1.807, 2.05) is 18.2 Å². The Kier molecular flexibility index (Phi) is 4.85. The van der Waals surface area contributed by atoms with E-state index in [0.29, 0.717) is 25.2 Å². The van der Waals surface area contributed by atoms with E-state index >= 15 is 0 Å². The summed E-state index contributed by atoms with van der Waals surface area (Å²) < 4.78 is 40.3. The molecule has 0 spiro atoms. The third kappa shape index (κ3) is 4.15. The van der Waals surface area contributed by atoms with Crippen LogP contribution in [0.1, 0.15) is 17.5 Å². The molecule has 3 heterocycles. The third-order valence-corrected chi connectivity index (χ3v) is 5.01. The molecule has 0 bridgehead atoms. The van der Waals surface area contributed by atoms with Gasteiger partial charge in [-0.2, -0.15) is 13.2 Å². The summed E-state index contributed by atoms with van der Waals surface area (Å²) in [5.74, 6) is -0.137. The summed E-state index contributed by atoms with van der Waals surface area (Å²) >= 11 is 0. The Morgan fingerprint density at radius 3 is 2.90 bits per heavy atom. The first-order valence-electron chi connectivity index (χ1n) is 9.14. The van der Waals surface area contributed by atoms with Crippen molar-refractivity contribution in [2.45, 2.75) is 25.1 Å². The second-order valence-corrected chi connectivity index (χ2v) is 7.14. The summed E-state index contributed by atoms with van der Waals surface area (Å²) in [4.78, 5) is 17.9. The molecule has 1 aromatic carbocycles. The van der Waals surface area contributed by atoms with Crippen LogP contribution in [0.5, 0.6) is 0 Å². The average molecular weight is 404 g/mol. The number of pyridine rings is 1. The lowest BCUT2D eigenvalue weighted by atomic mass is 10.1. The van der Waals surface area contributed by atoms with Gasteiger partial charge >= 0.3 is 6.18 Å². The minimum atomic E-state index is -4.43. The molecule has 1 N–H and O–H groups in total. The van der Waals surface area contributed by atoms with Gasteiger partial charge in [0.2, 0.25) is 5.91 Å². The first-order valence-corrected chi connectivity index (χ1v) is 9.14. The van der Waals surface area contributed by atoms with Crippen molar-refractivity contribution in [3.63, 3.8) is 0 Å². The van der Waals surface area contributed by atoms with E-state index in [0.717, 1.165) is 28.9 Å². The van der Waals surface area contributed by atoms with Crippen molar-refractivity contribution in [2.75, 3.05) is 18.0 Å². The maximum absolute atomic E-state index is 12.9. The number of nitrogens with one attached hydrogen (secondary N) is 1. The number of aromatic nitrogens is 4. The number of amides is 1. The molecule has 1 aliphatic heterocycles. The Morgan fingerprint density at radius 1 is 1.28 bits per heavy atom. The highest BCUT2D eigenvalue weighted by molar-refractivity contribution is 5.81. The molecule has 7 nitrogen and oxygen atoms in total. The molecule has 2 aromatic heterocycles. The highest BCUT2D eigenvalue weighted by atomic mass is 19.4. The second kappa shape index (κ2) is 7.34. The SMILES string of the molecule is Cn1nnc2cc(CC(=O)N[C@@H]3CCN(c4cncc(C(F)(F)F)c4)C3)ccc21. The minimum absolute atomic E-state index is 0.128. The van der Waals surface area contributed by atoms with Crippen LogP contribution in [0.25, 0.3) is 11.0 Å². The van der Waals surface area contributed by atoms with Crippen LogP contribution in [0.3, 0.4) is 0 Å². The Hall–Kier alpha value is -3.17. The Bertz CT molecular complexity index is 1050. The number of fused-ring (bicyclic) bond motifs is 1. The van der Waals surface area contributed by atoms with E-state index in [-0.39, 0.29) is 18.4 Å². The number of anilines is 1. The van der Waals surface area contributed by atoms with Gasteiger partial charge in [-0.1, -0.05) is 11.3 Å². The van der Waals surface area contributed by atoms with E-state index in [1.165, 1.54) is 6.20 Å². The van der Waals surface area contributed by atoms with Crippen molar-refractivity contribution < 1.29 is 18.0 Å². The van der Waals surface area contributed by atoms with Gasteiger partial charge in [-0.05, 0) is 30.2 Å². The van der Waals surface area contributed by atoms with Crippen molar-refractivity contribution >= 4 is 22.6 Å². The van der Waals surface area contributed by atoms with Crippen LogP contribution in [0, 0.1) is 0 Å². The van der Waals surface area contributed by atoms with Crippen LogP contribution in [0.4, 0.5) is 18.9 Å². The second-order valence-electron chi connectivity index (χ2n) is 7.14. The molecule has 1 saturated heterocycles. The highest BCUT2D eigenvalue weighted by Gasteiger charge is 2.32. The normalized spacial score (nSPS) is 17.1. The Labute approximate surface area is 164 Å². The van der Waals surface area contributed by atoms with E-state index < -0.39 is 11.7 Å². The van der Waals surface area contributed by atoms with Crippen LogP contribution >= 0.6 is 0 Å². The monoisotopic (exact) mass is 404 g/mol. The summed E-state index contributed by atoms with van der Waals surface area (Å²) in [6.45, 7) is 0.997. The van der Waals surface area contributed by atoms with Crippen LogP contribution in [0.2, 0.25) is 0 Å². The predicted octanol–water partition coefficient (Wildman–Crippen LogP) is 2.32. The quantitative estimate of drug-likeness (QED) is 0.722. The molecule has 4 rings (SSSR count). The van der Waals surface area contributed by atoms with Gasteiger partial charge in [0, 0.05) is 32.4 Å².